The highest BCUT2D eigenvalue weighted by Gasteiger charge is 2.57. The summed E-state index contributed by atoms with van der Waals surface area (Å²) >= 11 is 0. The number of fused-ring (bicyclic) bond motifs is 1. The minimum atomic E-state index is -0.844. The SMILES string of the molecule is C=C1CC[C@@H]2[C@](C)(CO)[C@@H](O)CC[C@@]2(C)[C@@H]1C/C=C1\C(=O)OC[C@H]1O. The topological polar surface area (TPSA) is 87.0 Å². The van der Waals surface area contributed by atoms with Crippen LogP contribution in [-0.2, 0) is 9.53 Å². The Morgan fingerprint density at radius 3 is 2.64 bits per heavy atom. The molecule has 3 aliphatic rings. The van der Waals surface area contributed by atoms with Crippen LogP contribution in [0.5, 0.6) is 0 Å². The molecule has 0 radical (unpaired) electrons. The molecular weight excluding hydrogens is 320 g/mol. The number of hydrogen-bond donors (Lipinski definition) is 3. The van der Waals surface area contributed by atoms with Gasteiger partial charge in [0.2, 0.25) is 0 Å². The van der Waals surface area contributed by atoms with Crippen LogP contribution in [0, 0.1) is 22.7 Å². The molecule has 3 N–H and O–H groups in total. The number of hydrogen-bond acceptors (Lipinski definition) is 5. The predicted octanol–water partition coefficient (Wildman–Crippen LogP) is 1.96. The molecule has 3 fully saturated rings. The number of aliphatic hydroxyl groups excluding tert-OH is 3. The fourth-order valence-corrected chi connectivity index (χ4v) is 5.56. The zero-order valence-corrected chi connectivity index (χ0v) is 15.2. The quantitative estimate of drug-likeness (QED) is 0.411. The predicted molar refractivity (Wildman–Crippen MR) is 93.6 cm³/mol. The largest absolute Gasteiger partial charge is 0.459 e. The molecule has 0 amide bonds. The molecule has 2 aliphatic carbocycles. The van der Waals surface area contributed by atoms with Gasteiger partial charge in [-0.1, -0.05) is 32.1 Å². The molecular formula is C20H30O5. The van der Waals surface area contributed by atoms with Crippen LogP contribution in [0.2, 0.25) is 0 Å². The second kappa shape index (κ2) is 6.53. The third-order valence-corrected chi connectivity index (χ3v) is 7.23. The van der Waals surface area contributed by atoms with E-state index < -0.39 is 23.6 Å². The standard InChI is InChI=1S/C20H30O5/c1-12-4-7-16-19(2,9-8-17(23)20(16,3)11-21)14(12)6-5-13-15(22)10-25-18(13)24/h5,14-17,21-23H,1,4,6-11H2,2-3H3/b13-5-/t14-,15-,16+,17+,19+,20+/m1/s1. The molecule has 1 aliphatic heterocycles. The number of allylic oxidation sites excluding steroid dienone is 2. The molecule has 5 heteroatoms. The minimum absolute atomic E-state index is 0.0280. The van der Waals surface area contributed by atoms with Gasteiger partial charge in [0.15, 0.2) is 0 Å². The van der Waals surface area contributed by atoms with Crippen molar-refractivity contribution in [3.8, 4) is 0 Å². The van der Waals surface area contributed by atoms with Gasteiger partial charge in [-0.15, -0.1) is 0 Å². The molecule has 1 saturated heterocycles. The fourth-order valence-electron chi connectivity index (χ4n) is 5.56. The highest BCUT2D eigenvalue weighted by atomic mass is 16.6. The van der Waals surface area contributed by atoms with Crippen LogP contribution in [0.25, 0.3) is 0 Å². The number of rotatable bonds is 3. The van der Waals surface area contributed by atoms with E-state index in [1.54, 1.807) is 0 Å². The summed E-state index contributed by atoms with van der Waals surface area (Å²) in [6, 6.07) is 0. The Hall–Kier alpha value is -1.17. The van der Waals surface area contributed by atoms with Crippen molar-refractivity contribution in [3.05, 3.63) is 23.8 Å². The Kier molecular flexibility index (Phi) is 4.86. The van der Waals surface area contributed by atoms with Gasteiger partial charge in [-0.2, -0.15) is 0 Å². The van der Waals surface area contributed by atoms with Gasteiger partial charge < -0.3 is 20.1 Å². The number of esters is 1. The van der Waals surface area contributed by atoms with Crippen molar-refractivity contribution in [1.82, 2.24) is 0 Å². The first-order valence-electron chi connectivity index (χ1n) is 9.26. The van der Waals surface area contributed by atoms with Crippen LogP contribution in [-0.4, -0.2) is 46.7 Å². The Morgan fingerprint density at radius 1 is 1.32 bits per heavy atom. The van der Waals surface area contributed by atoms with Crippen LogP contribution in [0.1, 0.15) is 46.0 Å². The van der Waals surface area contributed by atoms with Gasteiger partial charge in [-0.3, -0.25) is 0 Å². The zero-order valence-electron chi connectivity index (χ0n) is 15.2. The summed E-state index contributed by atoms with van der Waals surface area (Å²) < 4.78 is 4.90. The zero-order chi connectivity index (χ0) is 18.4. The minimum Gasteiger partial charge on any atom is -0.459 e. The molecule has 0 spiro atoms. The van der Waals surface area contributed by atoms with Gasteiger partial charge in [0.25, 0.3) is 0 Å². The van der Waals surface area contributed by atoms with E-state index in [9.17, 15) is 20.1 Å². The molecule has 25 heavy (non-hydrogen) atoms. The lowest BCUT2D eigenvalue weighted by Gasteiger charge is -2.59. The molecule has 0 aromatic carbocycles. The average molecular weight is 350 g/mol. The van der Waals surface area contributed by atoms with Crippen LogP contribution >= 0.6 is 0 Å². The Morgan fingerprint density at radius 2 is 2.04 bits per heavy atom. The molecule has 5 nitrogen and oxygen atoms in total. The van der Waals surface area contributed by atoms with Crippen LogP contribution in [0.3, 0.4) is 0 Å². The molecule has 140 valence electrons. The fraction of sp³-hybridized carbons (Fsp3) is 0.750. The monoisotopic (exact) mass is 350 g/mol. The number of ether oxygens (including phenoxy) is 1. The second-order valence-corrected chi connectivity index (χ2v) is 8.54. The van der Waals surface area contributed by atoms with Crippen LogP contribution in [0.4, 0.5) is 0 Å². The van der Waals surface area contributed by atoms with Crippen molar-refractivity contribution in [3.63, 3.8) is 0 Å². The van der Waals surface area contributed by atoms with Crippen molar-refractivity contribution in [2.45, 2.75) is 58.2 Å². The molecule has 1 heterocycles. The summed E-state index contributed by atoms with van der Waals surface area (Å²) in [7, 11) is 0. The Bertz CT molecular complexity index is 597. The van der Waals surface area contributed by atoms with Gasteiger partial charge in [0.1, 0.15) is 12.7 Å². The summed E-state index contributed by atoms with van der Waals surface area (Å²) in [5.41, 5.74) is 0.911. The maximum Gasteiger partial charge on any atom is 0.336 e. The van der Waals surface area contributed by atoms with E-state index in [4.69, 9.17) is 4.74 Å². The Labute approximate surface area is 149 Å². The van der Waals surface area contributed by atoms with E-state index in [1.165, 1.54) is 0 Å². The lowest BCUT2D eigenvalue weighted by Crippen LogP contribution is -2.57. The van der Waals surface area contributed by atoms with E-state index in [-0.39, 0.29) is 30.5 Å². The van der Waals surface area contributed by atoms with Crippen molar-refractivity contribution in [1.29, 1.82) is 0 Å². The van der Waals surface area contributed by atoms with Crippen molar-refractivity contribution in [2.24, 2.45) is 22.7 Å². The van der Waals surface area contributed by atoms with Crippen LogP contribution < -0.4 is 0 Å². The molecule has 2 saturated carbocycles. The number of aliphatic hydroxyl groups is 3. The van der Waals surface area contributed by atoms with E-state index in [0.717, 1.165) is 24.8 Å². The summed E-state index contributed by atoms with van der Waals surface area (Å²) in [5.74, 6) is -0.0734. The second-order valence-electron chi connectivity index (χ2n) is 8.54. The van der Waals surface area contributed by atoms with E-state index in [2.05, 4.69) is 13.5 Å². The lowest BCUT2D eigenvalue weighted by atomic mass is 9.46. The maximum absolute atomic E-state index is 11.8. The summed E-state index contributed by atoms with van der Waals surface area (Å²) in [6.07, 6.45) is 4.42. The first-order chi connectivity index (χ1) is 11.7. The summed E-state index contributed by atoms with van der Waals surface area (Å²) in [4.78, 5) is 11.8. The van der Waals surface area contributed by atoms with Crippen LogP contribution in [0.15, 0.2) is 23.8 Å². The van der Waals surface area contributed by atoms with Crippen molar-refractivity contribution >= 4 is 5.97 Å². The first kappa shape index (κ1) is 18.6. The molecule has 0 aromatic heterocycles. The van der Waals surface area contributed by atoms with Gasteiger partial charge in [0, 0.05) is 5.41 Å². The van der Waals surface area contributed by atoms with Gasteiger partial charge in [0.05, 0.1) is 18.3 Å². The van der Waals surface area contributed by atoms with Crippen molar-refractivity contribution in [2.75, 3.05) is 13.2 Å². The lowest BCUT2D eigenvalue weighted by molar-refractivity contribution is -0.151. The van der Waals surface area contributed by atoms with E-state index in [1.807, 2.05) is 13.0 Å². The van der Waals surface area contributed by atoms with E-state index in [0.29, 0.717) is 18.4 Å². The van der Waals surface area contributed by atoms with E-state index >= 15 is 0 Å². The molecule has 0 aromatic rings. The third-order valence-electron chi connectivity index (χ3n) is 7.23. The van der Waals surface area contributed by atoms with Crippen molar-refractivity contribution < 1.29 is 24.9 Å². The first-order valence-corrected chi connectivity index (χ1v) is 9.26. The maximum atomic E-state index is 11.8. The number of cyclic esters (lactones) is 1. The molecule has 6 atom stereocenters. The number of carbonyl (C=O) groups excluding carboxylic acids is 1. The summed E-state index contributed by atoms with van der Waals surface area (Å²) in [6.45, 7) is 8.50. The Balaban J connectivity index is 1.89. The number of carbonyl (C=O) groups is 1. The smallest absolute Gasteiger partial charge is 0.336 e. The van der Waals surface area contributed by atoms with Gasteiger partial charge in [-0.25, -0.2) is 4.79 Å². The molecule has 0 bridgehead atoms. The average Bonchev–Trinajstić information content (AvgIpc) is 2.89. The highest BCUT2D eigenvalue weighted by molar-refractivity contribution is 5.91. The normalized spacial score (nSPS) is 46.2. The van der Waals surface area contributed by atoms with Gasteiger partial charge in [-0.05, 0) is 49.4 Å². The molecule has 3 rings (SSSR count). The highest BCUT2D eigenvalue weighted by Crippen LogP contribution is 2.61. The van der Waals surface area contributed by atoms with Gasteiger partial charge >= 0.3 is 5.97 Å². The third kappa shape index (κ3) is 2.86. The summed E-state index contributed by atoms with van der Waals surface area (Å²) in [5, 5.41) is 30.4. The molecule has 0 unspecified atom stereocenters.